The van der Waals surface area contributed by atoms with Crippen LogP contribution in [0.1, 0.15) is 24.6 Å². The van der Waals surface area contributed by atoms with Gasteiger partial charge in [-0.05, 0) is 18.1 Å². The summed E-state index contributed by atoms with van der Waals surface area (Å²) in [4.78, 5) is 0.888. The number of rotatable bonds is 2. The second-order valence-electron chi connectivity index (χ2n) is 2.86. The summed E-state index contributed by atoms with van der Waals surface area (Å²) in [5.74, 6) is 0.232. The van der Waals surface area contributed by atoms with Gasteiger partial charge < -0.3 is 4.74 Å². The Balaban J connectivity index is 2.70. The molecule has 0 fully saturated rings. The van der Waals surface area contributed by atoms with Crippen LogP contribution >= 0.6 is 11.3 Å². The van der Waals surface area contributed by atoms with Crippen LogP contribution in [0.3, 0.4) is 0 Å². The number of ether oxygens (including phenoxy) is 1. The van der Waals surface area contributed by atoms with Gasteiger partial charge in [0, 0.05) is 4.88 Å². The minimum absolute atomic E-state index is 0.101. The van der Waals surface area contributed by atoms with Crippen LogP contribution in [0.4, 0.5) is 13.2 Å². The zero-order valence-electron chi connectivity index (χ0n) is 7.18. The first-order valence-electron chi connectivity index (χ1n) is 3.74. The summed E-state index contributed by atoms with van der Waals surface area (Å²) in [5.41, 5.74) is 0. The minimum atomic E-state index is -4.58. The third-order valence-corrected chi connectivity index (χ3v) is 2.65. The van der Waals surface area contributed by atoms with Crippen molar-refractivity contribution in [1.29, 1.82) is 0 Å². The number of halogens is 3. The van der Waals surface area contributed by atoms with Crippen LogP contribution in [0.15, 0.2) is 12.1 Å². The van der Waals surface area contributed by atoms with Crippen molar-refractivity contribution in [2.24, 2.45) is 0 Å². The molecule has 0 bridgehead atoms. The summed E-state index contributed by atoms with van der Waals surface area (Å²) >= 11 is 1.03. The predicted octanol–water partition coefficient (Wildman–Crippen LogP) is 3.77. The molecule has 0 saturated heterocycles. The Kier molecular flexibility index (Phi) is 2.85. The van der Waals surface area contributed by atoms with Crippen LogP contribution in [0, 0.1) is 0 Å². The van der Waals surface area contributed by atoms with Gasteiger partial charge in [-0.1, -0.05) is 13.8 Å². The molecule has 74 valence electrons. The van der Waals surface area contributed by atoms with E-state index in [-0.39, 0.29) is 11.0 Å². The molecule has 1 aromatic rings. The van der Waals surface area contributed by atoms with E-state index in [1.807, 2.05) is 13.8 Å². The van der Waals surface area contributed by atoms with Crippen molar-refractivity contribution in [2.45, 2.75) is 26.1 Å². The maximum atomic E-state index is 11.7. The first kappa shape index (κ1) is 10.4. The second kappa shape index (κ2) is 3.57. The average molecular weight is 210 g/mol. The zero-order chi connectivity index (χ0) is 10.1. The number of thiophene rings is 1. The summed E-state index contributed by atoms with van der Waals surface area (Å²) in [6.45, 7) is 3.84. The van der Waals surface area contributed by atoms with Crippen LogP contribution < -0.4 is 4.74 Å². The van der Waals surface area contributed by atoms with E-state index in [9.17, 15) is 13.2 Å². The molecular weight excluding hydrogens is 201 g/mol. The van der Waals surface area contributed by atoms with E-state index in [0.29, 0.717) is 0 Å². The van der Waals surface area contributed by atoms with E-state index < -0.39 is 6.36 Å². The van der Waals surface area contributed by atoms with Gasteiger partial charge in [0.15, 0.2) is 5.06 Å². The van der Waals surface area contributed by atoms with Crippen LogP contribution in [0.2, 0.25) is 0 Å². The lowest BCUT2D eigenvalue weighted by molar-refractivity contribution is -0.273. The highest BCUT2D eigenvalue weighted by Gasteiger charge is 2.31. The Labute approximate surface area is 78.1 Å². The summed E-state index contributed by atoms with van der Waals surface area (Å²) in [6.07, 6.45) is -4.58. The smallest absolute Gasteiger partial charge is 0.396 e. The highest BCUT2D eigenvalue weighted by molar-refractivity contribution is 7.13. The molecule has 0 aliphatic rings. The maximum Gasteiger partial charge on any atom is 0.573 e. The quantitative estimate of drug-likeness (QED) is 0.722. The van der Waals surface area contributed by atoms with Crippen LogP contribution in [-0.2, 0) is 0 Å². The molecule has 0 aliphatic heterocycles. The largest absolute Gasteiger partial charge is 0.573 e. The number of hydrogen-bond acceptors (Lipinski definition) is 2. The number of alkyl halides is 3. The first-order chi connectivity index (χ1) is 5.88. The fourth-order valence-electron chi connectivity index (χ4n) is 0.814. The fraction of sp³-hybridized carbons (Fsp3) is 0.500. The van der Waals surface area contributed by atoms with Crippen molar-refractivity contribution in [2.75, 3.05) is 0 Å². The predicted molar refractivity (Wildman–Crippen MR) is 45.1 cm³/mol. The van der Waals surface area contributed by atoms with Gasteiger partial charge in [-0.25, -0.2) is 0 Å². The van der Waals surface area contributed by atoms with Crippen LogP contribution in [-0.4, -0.2) is 6.36 Å². The molecule has 0 N–H and O–H groups in total. The van der Waals surface area contributed by atoms with Crippen molar-refractivity contribution in [1.82, 2.24) is 0 Å². The van der Waals surface area contributed by atoms with Gasteiger partial charge in [0.1, 0.15) is 0 Å². The third-order valence-electron chi connectivity index (χ3n) is 1.39. The van der Waals surface area contributed by atoms with E-state index in [2.05, 4.69) is 4.74 Å². The molecule has 0 spiro atoms. The lowest BCUT2D eigenvalue weighted by Gasteiger charge is -2.05. The van der Waals surface area contributed by atoms with E-state index in [0.717, 1.165) is 16.2 Å². The van der Waals surface area contributed by atoms with Crippen LogP contribution in [0.25, 0.3) is 0 Å². The van der Waals surface area contributed by atoms with E-state index in [1.54, 1.807) is 6.07 Å². The Bertz CT molecular complexity index is 277. The molecule has 0 atom stereocenters. The SMILES string of the molecule is CC(C)c1ccc(OC(F)(F)F)s1. The Hall–Kier alpha value is -0.710. The van der Waals surface area contributed by atoms with E-state index in [4.69, 9.17) is 0 Å². The van der Waals surface area contributed by atoms with Gasteiger partial charge in [-0.15, -0.1) is 24.5 Å². The molecular formula is C8H9F3OS. The molecule has 0 aromatic carbocycles. The lowest BCUT2D eigenvalue weighted by Crippen LogP contribution is -2.16. The lowest BCUT2D eigenvalue weighted by atomic mass is 10.2. The Morgan fingerprint density at radius 1 is 1.31 bits per heavy atom. The summed E-state index contributed by atoms with van der Waals surface area (Å²) in [6, 6.07) is 2.99. The highest BCUT2D eigenvalue weighted by atomic mass is 32.1. The standard InChI is InChI=1S/C8H9F3OS/c1-5(2)6-3-4-7(13-6)12-8(9,10)11/h3-5H,1-2H3. The molecule has 5 heteroatoms. The molecule has 1 heterocycles. The maximum absolute atomic E-state index is 11.7. The van der Waals surface area contributed by atoms with Crippen molar-refractivity contribution < 1.29 is 17.9 Å². The third kappa shape index (κ3) is 3.26. The second-order valence-corrected chi connectivity index (χ2v) is 3.94. The van der Waals surface area contributed by atoms with Gasteiger partial charge in [0.25, 0.3) is 0 Å². The van der Waals surface area contributed by atoms with Crippen molar-refractivity contribution >= 4 is 11.3 Å². The van der Waals surface area contributed by atoms with E-state index >= 15 is 0 Å². The topological polar surface area (TPSA) is 9.23 Å². The van der Waals surface area contributed by atoms with Crippen molar-refractivity contribution in [3.8, 4) is 5.06 Å². The molecule has 0 amide bonds. The van der Waals surface area contributed by atoms with Crippen LogP contribution in [0.5, 0.6) is 5.06 Å². The minimum Gasteiger partial charge on any atom is -0.396 e. The van der Waals surface area contributed by atoms with E-state index in [1.165, 1.54) is 6.07 Å². The zero-order valence-corrected chi connectivity index (χ0v) is 8.00. The molecule has 0 unspecified atom stereocenters. The van der Waals surface area contributed by atoms with Gasteiger partial charge >= 0.3 is 6.36 Å². The normalized spacial score (nSPS) is 12.2. The summed E-state index contributed by atoms with van der Waals surface area (Å²) in [7, 11) is 0. The van der Waals surface area contributed by atoms with Gasteiger partial charge in [-0.3, -0.25) is 0 Å². The summed E-state index contributed by atoms with van der Waals surface area (Å²) in [5, 5.41) is -0.101. The number of hydrogen-bond donors (Lipinski definition) is 0. The molecule has 1 rings (SSSR count). The first-order valence-corrected chi connectivity index (χ1v) is 4.55. The molecule has 13 heavy (non-hydrogen) atoms. The van der Waals surface area contributed by atoms with Gasteiger partial charge in [-0.2, -0.15) is 0 Å². The van der Waals surface area contributed by atoms with Gasteiger partial charge in [0.05, 0.1) is 0 Å². The van der Waals surface area contributed by atoms with Crippen molar-refractivity contribution in [3.05, 3.63) is 17.0 Å². The average Bonchev–Trinajstić information content (AvgIpc) is 2.31. The molecule has 1 aromatic heterocycles. The molecule has 0 aliphatic carbocycles. The monoisotopic (exact) mass is 210 g/mol. The molecule has 0 saturated carbocycles. The highest BCUT2D eigenvalue weighted by Crippen LogP contribution is 2.33. The Morgan fingerprint density at radius 2 is 1.92 bits per heavy atom. The molecule has 0 radical (unpaired) electrons. The fourth-order valence-corrected chi connectivity index (χ4v) is 1.69. The van der Waals surface area contributed by atoms with Crippen molar-refractivity contribution in [3.63, 3.8) is 0 Å². The molecule has 1 nitrogen and oxygen atoms in total. The van der Waals surface area contributed by atoms with Gasteiger partial charge in [0.2, 0.25) is 0 Å². The Morgan fingerprint density at radius 3 is 2.31 bits per heavy atom. The summed E-state index contributed by atoms with van der Waals surface area (Å²) < 4.78 is 39.0.